The molecule has 2 N–H and O–H groups in total. The molecule has 0 aromatic heterocycles. The van der Waals surface area contributed by atoms with Crippen molar-refractivity contribution >= 4 is 5.97 Å². The number of carboxylic acids is 1. The lowest BCUT2D eigenvalue weighted by molar-refractivity contribution is -0.137. The normalized spacial score (nSPS) is 10.4. The first-order valence-corrected chi connectivity index (χ1v) is 11.5. The zero-order chi connectivity index (χ0) is 19.7. The van der Waals surface area contributed by atoms with Gasteiger partial charge < -0.3 is 10.2 Å². The van der Waals surface area contributed by atoms with Gasteiger partial charge in [0, 0.05) is 13.0 Å². The molecule has 0 spiro atoms. The Kier molecular flexibility index (Phi) is 28.3. The van der Waals surface area contributed by atoms with E-state index in [9.17, 15) is 4.79 Å². The molecule has 0 aliphatic heterocycles. The van der Waals surface area contributed by atoms with Crippen molar-refractivity contribution in [2.75, 3.05) is 6.61 Å². The van der Waals surface area contributed by atoms with E-state index in [4.69, 9.17) is 10.2 Å². The van der Waals surface area contributed by atoms with E-state index in [1.807, 2.05) is 0 Å². The van der Waals surface area contributed by atoms with Crippen molar-refractivity contribution in [3.8, 4) is 0 Å². The lowest BCUT2D eigenvalue weighted by Gasteiger charge is -2.03. The lowest BCUT2D eigenvalue weighted by Crippen LogP contribution is -1.93. The molecule has 26 heavy (non-hydrogen) atoms. The number of aliphatic hydroxyl groups excluding tert-OH is 1. The quantitative estimate of drug-likeness (QED) is 0.231. The maximum absolute atomic E-state index is 10.3. The van der Waals surface area contributed by atoms with E-state index in [2.05, 4.69) is 13.8 Å². The average Bonchev–Trinajstić information content (AvgIpc) is 2.63. The second-order valence-electron chi connectivity index (χ2n) is 7.52. The molecule has 3 heteroatoms. The number of carbonyl (C=O) groups is 1. The third-order valence-corrected chi connectivity index (χ3v) is 4.76. The van der Waals surface area contributed by atoms with Crippen molar-refractivity contribution in [2.24, 2.45) is 0 Å². The minimum absolute atomic E-state index is 0.345. The van der Waals surface area contributed by atoms with E-state index in [-0.39, 0.29) is 0 Å². The van der Waals surface area contributed by atoms with Gasteiger partial charge in [-0.1, -0.05) is 117 Å². The van der Waals surface area contributed by atoms with Gasteiger partial charge in [0.05, 0.1) is 0 Å². The fourth-order valence-electron chi connectivity index (χ4n) is 3.01. The lowest BCUT2D eigenvalue weighted by atomic mass is 10.0. The average molecular weight is 373 g/mol. The van der Waals surface area contributed by atoms with Crippen LogP contribution in [-0.4, -0.2) is 22.8 Å². The van der Waals surface area contributed by atoms with E-state index in [1.165, 1.54) is 89.9 Å². The van der Waals surface area contributed by atoms with Gasteiger partial charge in [0.1, 0.15) is 0 Å². The summed E-state index contributed by atoms with van der Waals surface area (Å²) in [5.41, 5.74) is 0. The highest BCUT2D eigenvalue weighted by atomic mass is 16.4. The van der Waals surface area contributed by atoms with E-state index in [0.717, 1.165) is 25.7 Å². The van der Waals surface area contributed by atoms with Crippen LogP contribution >= 0.6 is 0 Å². The predicted molar refractivity (Wildman–Crippen MR) is 114 cm³/mol. The SMILES string of the molecule is CCCCCCCCCCCCCCCCCC(=O)O.CCCCCO. The van der Waals surface area contributed by atoms with Crippen molar-refractivity contribution in [2.45, 2.75) is 136 Å². The summed E-state index contributed by atoms with van der Waals surface area (Å²) in [6.07, 6.45) is 23.5. The standard InChI is InChI=1S/C18H36O2.C5H12O/c1-2-3-4-5-6-7-8-9-10-11-12-13-14-15-16-17-18(19)20;1-2-3-4-5-6/h2-17H2,1H3,(H,19,20);6H,2-5H2,1H3. The first-order chi connectivity index (χ1) is 12.7. The molecule has 0 aromatic rings. The third-order valence-electron chi connectivity index (χ3n) is 4.76. The van der Waals surface area contributed by atoms with Gasteiger partial charge in [0.15, 0.2) is 0 Å². The van der Waals surface area contributed by atoms with Crippen molar-refractivity contribution in [1.29, 1.82) is 0 Å². The number of unbranched alkanes of at least 4 members (excludes halogenated alkanes) is 16. The number of aliphatic hydroxyl groups is 1. The fourth-order valence-corrected chi connectivity index (χ4v) is 3.01. The Morgan fingerprint density at radius 1 is 0.538 bits per heavy atom. The molecule has 0 heterocycles. The molecule has 0 rings (SSSR count). The molecule has 0 unspecified atom stereocenters. The first kappa shape index (κ1) is 27.6. The third kappa shape index (κ3) is 31.2. The van der Waals surface area contributed by atoms with Crippen LogP contribution in [-0.2, 0) is 4.79 Å². The molecule has 158 valence electrons. The van der Waals surface area contributed by atoms with Crippen LogP contribution in [0.2, 0.25) is 0 Å². The summed E-state index contributed by atoms with van der Waals surface area (Å²) >= 11 is 0. The predicted octanol–water partition coefficient (Wildman–Crippen LogP) is 7.50. The van der Waals surface area contributed by atoms with Gasteiger partial charge in [-0.3, -0.25) is 4.79 Å². The van der Waals surface area contributed by atoms with Gasteiger partial charge in [-0.2, -0.15) is 0 Å². The number of rotatable bonds is 19. The Balaban J connectivity index is 0. The second kappa shape index (κ2) is 26.7. The van der Waals surface area contributed by atoms with Crippen LogP contribution in [0.15, 0.2) is 0 Å². The van der Waals surface area contributed by atoms with Crippen LogP contribution in [0.4, 0.5) is 0 Å². The Labute approximate surface area is 164 Å². The molecule has 0 aliphatic carbocycles. The fraction of sp³-hybridized carbons (Fsp3) is 0.957. The summed E-state index contributed by atoms with van der Waals surface area (Å²) in [6, 6.07) is 0. The summed E-state index contributed by atoms with van der Waals surface area (Å²) in [7, 11) is 0. The molecule has 0 bridgehead atoms. The van der Waals surface area contributed by atoms with Crippen molar-refractivity contribution in [1.82, 2.24) is 0 Å². The van der Waals surface area contributed by atoms with E-state index in [0.29, 0.717) is 13.0 Å². The molecule has 0 saturated heterocycles. The molecule has 0 aromatic carbocycles. The molecular weight excluding hydrogens is 324 g/mol. The van der Waals surface area contributed by atoms with Gasteiger partial charge >= 0.3 is 5.97 Å². The van der Waals surface area contributed by atoms with Gasteiger partial charge in [0.25, 0.3) is 0 Å². The number of hydrogen-bond acceptors (Lipinski definition) is 2. The highest BCUT2D eigenvalue weighted by Crippen LogP contribution is 2.13. The van der Waals surface area contributed by atoms with E-state index in [1.54, 1.807) is 0 Å². The first-order valence-electron chi connectivity index (χ1n) is 11.5. The summed E-state index contributed by atoms with van der Waals surface area (Å²) in [5.74, 6) is -0.653. The molecule has 0 saturated carbocycles. The highest BCUT2D eigenvalue weighted by Gasteiger charge is 1.97. The smallest absolute Gasteiger partial charge is 0.303 e. The van der Waals surface area contributed by atoms with Crippen molar-refractivity contribution < 1.29 is 15.0 Å². The second-order valence-corrected chi connectivity index (χ2v) is 7.52. The van der Waals surface area contributed by atoms with E-state index >= 15 is 0 Å². The van der Waals surface area contributed by atoms with Gasteiger partial charge in [-0.05, 0) is 12.8 Å². The summed E-state index contributed by atoms with van der Waals surface area (Å²) in [4.78, 5) is 10.3. The molecule has 0 fully saturated rings. The van der Waals surface area contributed by atoms with Gasteiger partial charge in [-0.25, -0.2) is 0 Å². The summed E-state index contributed by atoms with van der Waals surface area (Å²) < 4.78 is 0. The maximum Gasteiger partial charge on any atom is 0.303 e. The Hall–Kier alpha value is -0.570. The molecular formula is C23H48O3. The number of hydrogen-bond donors (Lipinski definition) is 2. The van der Waals surface area contributed by atoms with Crippen molar-refractivity contribution in [3.63, 3.8) is 0 Å². The van der Waals surface area contributed by atoms with Gasteiger partial charge in [0.2, 0.25) is 0 Å². The van der Waals surface area contributed by atoms with Crippen LogP contribution in [0.3, 0.4) is 0 Å². The van der Waals surface area contributed by atoms with Crippen molar-refractivity contribution in [3.05, 3.63) is 0 Å². The molecule has 0 radical (unpaired) electrons. The minimum atomic E-state index is -0.653. The minimum Gasteiger partial charge on any atom is -0.481 e. The van der Waals surface area contributed by atoms with Crippen LogP contribution in [0.5, 0.6) is 0 Å². The topological polar surface area (TPSA) is 57.5 Å². The van der Waals surface area contributed by atoms with E-state index < -0.39 is 5.97 Å². The Bertz CT molecular complexity index is 250. The van der Waals surface area contributed by atoms with Crippen LogP contribution in [0, 0.1) is 0 Å². The Morgan fingerprint density at radius 3 is 1.12 bits per heavy atom. The van der Waals surface area contributed by atoms with Crippen LogP contribution in [0.25, 0.3) is 0 Å². The largest absolute Gasteiger partial charge is 0.481 e. The zero-order valence-corrected chi connectivity index (χ0v) is 17.9. The highest BCUT2D eigenvalue weighted by molar-refractivity contribution is 5.66. The summed E-state index contributed by atoms with van der Waals surface area (Å²) in [5, 5.41) is 16.7. The summed E-state index contributed by atoms with van der Waals surface area (Å²) in [6.45, 7) is 4.75. The van der Waals surface area contributed by atoms with Crippen LogP contribution in [0.1, 0.15) is 136 Å². The number of aliphatic carboxylic acids is 1. The zero-order valence-electron chi connectivity index (χ0n) is 17.9. The Morgan fingerprint density at radius 2 is 0.846 bits per heavy atom. The maximum atomic E-state index is 10.3. The van der Waals surface area contributed by atoms with Crippen LogP contribution < -0.4 is 0 Å². The number of carboxylic acid groups (broad SMARTS) is 1. The molecule has 0 aliphatic rings. The molecule has 0 atom stereocenters. The molecule has 3 nitrogen and oxygen atoms in total. The molecule has 0 amide bonds. The van der Waals surface area contributed by atoms with Gasteiger partial charge in [-0.15, -0.1) is 0 Å². The monoisotopic (exact) mass is 372 g/mol.